The lowest BCUT2D eigenvalue weighted by Crippen LogP contribution is -1.94. The van der Waals surface area contributed by atoms with Gasteiger partial charge in [0.2, 0.25) is 0 Å². The van der Waals surface area contributed by atoms with E-state index >= 15 is 0 Å². The van der Waals surface area contributed by atoms with E-state index in [0.717, 1.165) is 5.75 Å². The maximum absolute atomic E-state index is 4.35. The van der Waals surface area contributed by atoms with E-state index in [0.29, 0.717) is 5.92 Å². The van der Waals surface area contributed by atoms with Crippen LogP contribution in [0.3, 0.4) is 0 Å². The highest BCUT2D eigenvalue weighted by Crippen LogP contribution is 2.18. The number of hydrogen-bond acceptors (Lipinski definition) is 2. The minimum Gasteiger partial charge on any atom is -0.275 e. The molecule has 0 aromatic carbocycles. The van der Waals surface area contributed by atoms with Crippen LogP contribution in [0.5, 0.6) is 0 Å². The zero-order valence-corrected chi connectivity index (χ0v) is 8.10. The Morgan fingerprint density at radius 3 is 2.64 bits per heavy atom. The van der Waals surface area contributed by atoms with Gasteiger partial charge in [0, 0.05) is 24.6 Å². The number of aryl methyl sites for hydroxylation is 1. The molecule has 1 rings (SSSR count). The minimum atomic E-state index is 0.498. The topological polar surface area (TPSA) is 17.8 Å². The second-order valence-electron chi connectivity index (χ2n) is 3.03. The Morgan fingerprint density at radius 1 is 1.64 bits per heavy atom. The summed E-state index contributed by atoms with van der Waals surface area (Å²) in [7, 11) is 1.94. The third kappa shape index (κ3) is 1.77. The first kappa shape index (κ1) is 8.65. The zero-order valence-electron chi connectivity index (χ0n) is 7.20. The molecule has 0 radical (unpaired) electrons. The molecule has 1 aromatic heterocycles. The lowest BCUT2D eigenvalue weighted by atomic mass is 10.1. The van der Waals surface area contributed by atoms with Crippen molar-refractivity contribution in [2.75, 3.05) is 0 Å². The third-order valence-corrected chi connectivity index (χ3v) is 2.00. The van der Waals surface area contributed by atoms with E-state index in [2.05, 4.69) is 31.6 Å². The van der Waals surface area contributed by atoms with Crippen LogP contribution in [0.25, 0.3) is 0 Å². The Kier molecular flexibility index (Phi) is 2.60. The fourth-order valence-corrected chi connectivity index (χ4v) is 1.41. The molecule has 0 fully saturated rings. The van der Waals surface area contributed by atoms with E-state index in [4.69, 9.17) is 0 Å². The van der Waals surface area contributed by atoms with Crippen LogP contribution in [0, 0.1) is 0 Å². The minimum absolute atomic E-state index is 0.498. The van der Waals surface area contributed by atoms with Crippen molar-refractivity contribution in [2.24, 2.45) is 7.05 Å². The van der Waals surface area contributed by atoms with E-state index in [9.17, 15) is 0 Å². The van der Waals surface area contributed by atoms with Crippen LogP contribution < -0.4 is 0 Å². The third-order valence-electron chi connectivity index (χ3n) is 1.65. The van der Waals surface area contributed by atoms with Crippen LogP contribution in [0.1, 0.15) is 31.0 Å². The lowest BCUT2D eigenvalue weighted by Gasteiger charge is -2.00. The SMILES string of the molecule is CC(C)c1nn(C)cc1CS. The van der Waals surface area contributed by atoms with Crippen LogP contribution in [0.4, 0.5) is 0 Å². The second-order valence-corrected chi connectivity index (χ2v) is 3.34. The Hall–Kier alpha value is -0.440. The molecule has 2 nitrogen and oxygen atoms in total. The highest BCUT2D eigenvalue weighted by atomic mass is 32.1. The zero-order chi connectivity index (χ0) is 8.43. The number of thiol groups is 1. The normalized spacial score (nSPS) is 11.0. The second kappa shape index (κ2) is 3.30. The van der Waals surface area contributed by atoms with Gasteiger partial charge in [0.15, 0.2) is 0 Å². The van der Waals surface area contributed by atoms with Crippen molar-refractivity contribution >= 4 is 12.6 Å². The van der Waals surface area contributed by atoms with Crippen molar-refractivity contribution < 1.29 is 0 Å². The van der Waals surface area contributed by atoms with Gasteiger partial charge < -0.3 is 0 Å². The Morgan fingerprint density at radius 2 is 2.27 bits per heavy atom. The summed E-state index contributed by atoms with van der Waals surface area (Å²) in [4.78, 5) is 0. The average molecular weight is 170 g/mol. The first-order valence-corrected chi connectivity index (χ1v) is 4.41. The predicted octanol–water partition coefficient (Wildman–Crippen LogP) is 1.97. The van der Waals surface area contributed by atoms with E-state index in [1.165, 1.54) is 11.3 Å². The molecule has 0 aliphatic carbocycles. The molecule has 0 N–H and O–H groups in total. The predicted molar refractivity (Wildman–Crippen MR) is 50.0 cm³/mol. The van der Waals surface area contributed by atoms with Gasteiger partial charge in [0.25, 0.3) is 0 Å². The van der Waals surface area contributed by atoms with Crippen LogP contribution in [-0.4, -0.2) is 9.78 Å². The van der Waals surface area contributed by atoms with Gasteiger partial charge in [-0.1, -0.05) is 13.8 Å². The molecular formula is C8H14N2S. The summed E-state index contributed by atoms with van der Waals surface area (Å²) in [6.07, 6.45) is 2.03. The van der Waals surface area contributed by atoms with E-state index in [-0.39, 0.29) is 0 Å². The Balaban J connectivity index is 3.02. The number of aromatic nitrogens is 2. The molecule has 1 aromatic rings. The maximum Gasteiger partial charge on any atom is 0.0690 e. The molecule has 0 aliphatic rings. The lowest BCUT2D eigenvalue weighted by molar-refractivity contribution is 0.712. The van der Waals surface area contributed by atoms with Crippen molar-refractivity contribution in [3.63, 3.8) is 0 Å². The van der Waals surface area contributed by atoms with E-state index < -0.39 is 0 Å². The number of hydrogen-bond donors (Lipinski definition) is 1. The molecule has 11 heavy (non-hydrogen) atoms. The first-order chi connectivity index (χ1) is 5.15. The highest BCUT2D eigenvalue weighted by molar-refractivity contribution is 7.79. The van der Waals surface area contributed by atoms with Gasteiger partial charge in [-0.2, -0.15) is 17.7 Å². The fraction of sp³-hybridized carbons (Fsp3) is 0.625. The maximum atomic E-state index is 4.35. The van der Waals surface area contributed by atoms with Crippen molar-refractivity contribution in [3.8, 4) is 0 Å². The summed E-state index contributed by atoms with van der Waals surface area (Å²) in [6.45, 7) is 4.30. The number of rotatable bonds is 2. The summed E-state index contributed by atoms with van der Waals surface area (Å²) in [5, 5.41) is 4.35. The van der Waals surface area contributed by atoms with Gasteiger partial charge in [-0.25, -0.2) is 0 Å². The van der Waals surface area contributed by atoms with Crippen LogP contribution in [0.15, 0.2) is 6.20 Å². The molecule has 0 bridgehead atoms. The van der Waals surface area contributed by atoms with Crippen molar-refractivity contribution in [1.29, 1.82) is 0 Å². The monoisotopic (exact) mass is 170 g/mol. The molecule has 0 spiro atoms. The van der Waals surface area contributed by atoms with Gasteiger partial charge in [-0.05, 0) is 5.92 Å². The van der Waals surface area contributed by atoms with Gasteiger partial charge in [0.05, 0.1) is 5.69 Å². The summed E-state index contributed by atoms with van der Waals surface area (Å²) in [5.41, 5.74) is 2.41. The fourth-order valence-electron chi connectivity index (χ4n) is 1.16. The summed E-state index contributed by atoms with van der Waals surface area (Å²) in [6, 6.07) is 0. The molecule has 0 unspecified atom stereocenters. The van der Waals surface area contributed by atoms with E-state index in [1.54, 1.807) is 0 Å². The summed E-state index contributed by atoms with van der Waals surface area (Å²) >= 11 is 4.23. The first-order valence-electron chi connectivity index (χ1n) is 3.78. The molecular weight excluding hydrogens is 156 g/mol. The van der Waals surface area contributed by atoms with E-state index in [1.807, 2.05) is 17.9 Å². The van der Waals surface area contributed by atoms with Gasteiger partial charge >= 0.3 is 0 Å². The van der Waals surface area contributed by atoms with Crippen LogP contribution >= 0.6 is 12.6 Å². The van der Waals surface area contributed by atoms with Gasteiger partial charge in [-0.15, -0.1) is 0 Å². The smallest absolute Gasteiger partial charge is 0.0690 e. The Labute approximate surface area is 73.0 Å². The molecule has 0 amide bonds. The summed E-state index contributed by atoms with van der Waals surface area (Å²) < 4.78 is 1.85. The van der Waals surface area contributed by atoms with Gasteiger partial charge in [0.1, 0.15) is 0 Å². The van der Waals surface area contributed by atoms with Crippen LogP contribution in [0.2, 0.25) is 0 Å². The van der Waals surface area contributed by atoms with Gasteiger partial charge in [-0.3, -0.25) is 4.68 Å². The molecule has 0 aliphatic heterocycles. The molecule has 3 heteroatoms. The standard InChI is InChI=1S/C8H14N2S/c1-6(2)8-7(5-11)4-10(3)9-8/h4,6,11H,5H2,1-3H3. The van der Waals surface area contributed by atoms with Crippen molar-refractivity contribution in [2.45, 2.75) is 25.5 Å². The largest absolute Gasteiger partial charge is 0.275 e. The summed E-state index contributed by atoms with van der Waals surface area (Å²) in [5.74, 6) is 1.28. The molecule has 0 saturated carbocycles. The molecule has 0 saturated heterocycles. The average Bonchev–Trinajstić information content (AvgIpc) is 2.30. The molecule has 1 heterocycles. The molecule has 62 valence electrons. The Bertz CT molecular complexity index is 240. The molecule has 0 atom stereocenters. The van der Waals surface area contributed by atoms with Crippen molar-refractivity contribution in [1.82, 2.24) is 9.78 Å². The van der Waals surface area contributed by atoms with Crippen molar-refractivity contribution in [3.05, 3.63) is 17.5 Å². The number of nitrogens with zero attached hydrogens (tertiary/aromatic N) is 2. The van der Waals surface area contributed by atoms with Crippen LogP contribution in [-0.2, 0) is 12.8 Å². The highest BCUT2D eigenvalue weighted by Gasteiger charge is 2.08. The quantitative estimate of drug-likeness (QED) is 0.672.